The van der Waals surface area contributed by atoms with Crippen LogP contribution in [0.1, 0.15) is 32.6 Å². The summed E-state index contributed by atoms with van der Waals surface area (Å²) in [5.74, 6) is 1.39. The van der Waals surface area contributed by atoms with E-state index in [0.29, 0.717) is 11.8 Å². The summed E-state index contributed by atoms with van der Waals surface area (Å²) in [5, 5.41) is 10.8. The second-order valence-corrected chi connectivity index (χ2v) is 6.88. The van der Waals surface area contributed by atoms with Gasteiger partial charge in [0.15, 0.2) is 0 Å². The Bertz CT molecular complexity index is 890. The first-order chi connectivity index (χ1) is 12.2. The van der Waals surface area contributed by atoms with Crippen LogP contribution in [0.25, 0.3) is 22.0 Å². The lowest BCUT2D eigenvalue weighted by Crippen LogP contribution is -2.39. The number of piperidine rings is 1. The first kappa shape index (κ1) is 15.9. The van der Waals surface area contributed by atoms with E-state index in [9.17, 15) is 5.11 Å². The van der Waals surface area contributed by atoms with Crippen LogP contribution in [0.4, 0.5) is 5.82 Å². The van der Waals surface area contributed by atoms with Crippen molar-refractivity contribution in [2.75, 3.05) is 11.4 Å². The summed E-state index contributed by atoms with van der Waals surface area (Å²) in [6, 6.07) is 18.6. The lowest BCUT2D eigenvalue weighted by Gasteiger charge is -2.36. The Balaban J connectivity index is 1.69. The van der Waals surface area contributed by atoms with E-state index in [0.717, 1.165) is 34.4 Å². The molecule has 2 aromatic carbocycles. The van der Waals surface area contributed by atoms with Gasteiger partial charge >= 0.3 is 0 Å². The molecule has 1 aliphatic heterocycles. The summed E-state index contributed by atoms with van der Waals surface area (Å²) in [5.41, 5.74) is 3.15. The standard InChI is InChI=1S/C22H24N2O/c1-2-19-7-3-4-13-24(19)22-12-10-18-14-17(9-11-21(18)23-22)16-6-5-8-20(25)15-16/h5-6,8-12,14-15,19,25H,2-4,7,13H2,1H3. The fourth-order valence-electron chi connectivity index (χ4n) is 3.87. The topological polar surface area (TPSA) is 36.4 Å². The molecule has 0 bridgehead atoms. The number of benzene rings is 2. The van der Waals surface area contributed by atoms with Crippen LogP contribution in [-0.4, -0.2) is 22.7 Å². The van der Waals surface area contributed by atoms with Crippen LogP contribution in [-0.2, 0) is 0 Å². The third kappa shape index (κ3) is 3.19. The van der Waals surface area contributed by atoms with Crippen LogP contribution in [0.2, 0.25) is 0 Å². The molecule has 1 atom stereocenters. The first-order valence-electron chi connectivity index (χ1n) is 9.21. The summed E-state index contributed by atoms with van der Waals surface area (Å²) in [7, 11) is 0. The molecule has 0 aliphatic carbocycles. The highest BCUT2D eigenvalue weighted by Crippen LogP contribution is 2.29. The number of anilines is 1. The van der Waals surface area contributed by atoms with Crippen LogP contribution in [0.3, 0.4) is 0 Å². The zero-order valence-electron chi connectivity index (χ0n) is 14.7. The SMILES string of the molecule is CCC1CCCCN1c1ccc2cc(-c3cccc(O)c3)ccc2n1. The van der Waals surface area contributed by atoms with Gasteiger partial charge in [-0.2, -0.15) is 0 Å². The van der Waals surface area contributed by atoms with Crippen molar-refractivity contribution < 1.29 is 5.11 Å². The minimum Gasteiger partial charge on any atom is -0.508 e. The Morgan fingerprint density at radius 3 is 2.76 bits per heavy atom. The Labute approximate surface area is 148 Å². The summed E-state index contributed by atoms with van der Waals surface area (Å²) < 4.78 is 0. The number of aromatic hydroxyl groups is 1. The minimum absolute atomic E-state index is 0.293. The van der Waals surface area contributed by atoms with Gasteiger partial charge in [0.1, 0.15) is 11.6 Å². The zero-order valence-corrected chi connectivity index (χ0v) is 14.7. The molecule has 0 spiro atoms. The Morgan fingerprint density at radius 1 is 1.04 bits per heavy atom. The molecule has 1 unspecified atom stereocenters. The average molecular weight is 332 g/mol. The Kier molecular flexibility index (Phi) is 4.31. The molecule has 1 fully saturated rings. The molecule has 4 rings (SSSR count). The maximum absolute atomic E-state index is 9.70. The number of fused-ring (bicyclic) bond motifs is 1. The smallest absolute Gasteiger partial charge is 0.129 e. The molecule has 25 heavy (non-hydrogen) atoms. The number of phenolic OH excluding ortho intramolecular Hbond substituents is 1. The van der Waals surface area contributed by atoms with Gasteiger partial charge in [-0.25, -0.2) is 4.98 Å². The molecule has 1 saturated heterocycles. The molecular weight excluding hydrogens is 308 g/mol. The lowest BCUT2D eigenvalue weighted by atomic mass is 9.99. The third-order valence-corrected chi connectivity index (χ3v) is 5.25. The largest absolute Gasteiger partial charge is 0.508 e. The second-order valence-electron chi connectivity index (χ2n) is 6.88. The van der Waals surface area contributed by atoms with Crippen molar-refractivity contribution in [3.05, 3.63) is 54.6 Å². The van der Waals surface area contributed by atoms with Crippen LogP contribution >= 0.6 is 0 Å². The van der Waals surface area contributed by atoms with Gasteiger partial charge < -0.3 is 10.0 Å². The normalized spacial score (nSPS) is 17.8. The quantitative estimate of drug-likeness (QED) is 0.700. The first-order valence-corrected chi connectivity index (χ1v) is 9.21. The van der Waals surface area contributed by atoms with Gasteiger partial charge in [-0.05, 0) is 73.2 Å². The number of hydrogen-bond donors (Lipinski definition) is 1. The number of phenols is 1. The van der Waals surface area contributed by atoms with Crippen LogP contribution in [0.5, 0.6) is 5.75 Å². The molecule has 0 radical (unpaired) electrons. The van der Waals surface area contributed by atoms with E-state index in [-0.39, 0.29) is 0 Å². The van der Waals surface area contributed by atoms with E-state index in [1.807, 2.05) is 12.1 Å². The highest BCUT2D eigenvalue weighted by atomic mass is 16.3. The highest BCUT2D eigenvalue weighted by molar-refractivity contribution is 5.86. The fourth-order valence-corrected chi connectivity index (χ4v) is 3.87. The van der Waals surface area contributed by atoms with E-state index >= 15 is 0 Å². The van der Waals surface area contributed by atoms with Crippen LogP contribution < -0.4 is 4.90 Å². The van der Waals surface area contributed by atoms with E-state index in [4.69, 9.17) is 4.98 Å². The van der Waals surface area contributed by atoms with Crippen molar-refractivity contribution in [1.82, 2.24) is 4.98 Å². The lowest BCUT2D eigenvalue weighted by molar-refractivity contribution is 0.447. The van der Waals surface area contributed by atoms with Crippen molar-refractivity contribution in [1.29, 1.82) is 0 Å². The highest BCUT2D eigenvalue weighted by Gasteiger charge is 2.22. The van der Waals surface area contributed by atoms with Crippen LogP contribution in [0, 0.1) is 0 Å². The molecule has 0 saturated carbocycles. The molecule has 0 amide bonds. The summed E-state index contributed by atoms with van der Waals surface area (Å²) in [6.07, 6.45) is 5.03. The monoisotopic (exact) mass is 332 g/mol. The fraction of sp³-hybridized carbons (Fsp3) is 0.318. The van der Waals surface area contributed by atoms with Crippen molar-refractivity contribution in [3.8, 4) is 16.9 Å². The number of nitrogens with zero attached hydrogens (tertiary/aromatic N) is 2. The molecular formula is C22H24N2O. The molecule has 3 nitrogen and oxygen atoms in total. The summed E-state index contributed by atoms with van der Waals surface area (Å²) in [4.78, 5) is 7.40. The van der Waals surface area contributed by atoms with E-state index < -0.39 is 0 Å². The number of hydrogen-bond acceptors (Lipinski definition) is 3. The molecule has 3 aromatic rings. The molecule has 3 heteroatoms. The van der Waals surface area contributed by atoms with Gasteiger partial charge in [0.2, 0.25) is 0 Å². The van der Waals surface area contributed by atoms with Gasteiger partial charge in [0.25, 0.3) is 0 Å². The maximum atomic E-state index is 9.70. The minimum atomic E-state index is 0.293. The average Bonchev–Trinajstić information content (AvgIpc) is 2.67. The van der Waals surface area contributed by atoms with Crippen molar-refractivity contribution >= 4 is 16.7 Å². The summed E-state index contributed by atoms with van der Waals surface area (Å²) >= 11 is 0. The Hall–Kier alpha value is -2.55. The van der Waals surface area contributed by atoms with Crippen molar-refractivity contribution in [3.63, 3.8) is 0 Å². The van der Waals surface area contributed by atoms with Gasteiger partial charge in [-0.15, -0.1) is 0 Å². The Morgan fingerprint density at radius 2 is 1.92 bits per heavy atom. The van der Waals surface area contributed by atoms with E-state index in [1.165, 1.54) is 25.7 Å². The number of rotatable bonds is 3. The zero-order chi connectivity index (χ0) is 17.2. The molecule has 1 aromatic heterocycles. The molecule has 1 N–H and O–H groups in total. The van der Waals surface area contributed by atoms with Gasteiger partial charge in [0.05, 0.1) is 5.52 Å². The van der Waals surface area contributed by atoms with Gasteiger partial charge in [0, 0.05) is 18.0 Å². The van der Waals surface area contributed by atoms with E-state index in [2.05, 4.69) is 42.2 Å². The molecule has 2 heterocycles. The van der Waals surface area contributed by atoms with E-state index in [1.54, 1.807) is 12.1 Å². The predicted octanol–water partition coefficient (Wildman–Crippen LogP) is 5.38. The number of aromatic nitrogens is 1. The second kappa shape index (κ2) is 6.75. The molecule has 128 valence electrons. The summed E-state index contributed by atoms with van der Waals surface area (Å²) in [6.45, 7) is 3.38. The third-order valence-electron chi connectivity index (χ3n) is 5.25. The van der Waals surface area contributed by atoms with Crippen molar-refractivity contribution in [2.45, 2.75) is 38.6 Å². The van der Waals surface area contributed by atoms with Crippen LogP contribution in [0.15, 0.2) is 54.6 Å². The maximum Gasteiger partial charge on any atom is 0.129 e. The number of pyridine rings is 1. The predicted molar refractivity (Wildman–Crippen MR) is 104 cm³/mol. The van der Waals surface area contributed by atoms with Crippen molar-refractivity contribution in [2.24, 2.45) is 0 Å². The molecule has 1 aliphatic rings. The van der Waals surface area contributed by atoms with Gasteiger partial charge in [-0.3, -0.25) is 0 Å². The van der Waals surface area contributed by atoms with Gasteiger partial charge in [-0.1, -0.05) is 25.1 Å².